The van der Waals surface area contributed by atoms with Crippen LogP contribution in [-0.2, 0) is 26.2 Å². The number of nitrogens with one attached hydrogen (secondary N) is 1. The quantitative estimate of drug-likeness (QED) is 0.380. The van der Waals surface area contributed by atoms with Crippen LogP contribution in [0, 0.1) is 13.8 Å². The zero-order valence-corrected chi connectivity index (χ0v) is 25.1. The molecule has 214 valence electrons. The number of hydrogen-bond donors (Lipinski definition) is 1. The van der Waals surface area contributed by atoms with Gasteiger partial charge in [-0.1, -0.05) is 36.4 Å². The third-order valence-electron chi connectivity index (χ3n) is 6.57. The summed E-state index contributed by atoms with van der Waals surface area (Å²) in [5, 5.41) is 2.93. The van der Waals surface area contributed by atoms with Gasteiger partial charge in [0, 0.05) is 12.1 Å². The van der Waals surface area contributed by atoms with Crippen LogP contribution in [0.2, 0.25) is 0 Å². The summed E-state index contributed by atoms with van der Waals surface area (Å²) in [6.07, 6.45) is 0. The molecule has 0 spiro atoms. The van der Waals surface area contributed by atoms with Crippen LogP contribution in [0.25, 0.3) is 0 Å². The number of ether oxygens (including phenoxy) is 1. The molecule has 0 saturated carbocycles. The zero-order chi connectivity index (χ0) is 29.7. The Bertz CT molecular complexity index is 1430. The van der Waals surface area contributed by atoms with Gasteiger partial charge in [-0.05, 0) is 94.6 Å². The second-order valence-electron chi connectivity index (χ2n) is 10.9. The predicted molar refractivity (Wildman–Crippen MR) is 158 cm³/mol. The lowest BCUT2D eigenvalue weighted by Gasteiger charge is -2.33. The molecule has 3 rings (SSSR count). The number of rotatable bonds is 10. The zero-order valence-electron chi connectivity index (χ0n) is 24.3. The number of anilines is 1. The number of sulfonamides is 1. The standard InChI is InChI=1S/C31H39N3O5S/c1-22-13-16-26(19-23(22)2)34(40(37,38)28-11-9-8-10-12-28)21-29(35)33(24(3)30(36)32-31(4,5)6)20-25-14-17-27(39-7)18-15-25/h8-19,24H,20-21H2,1-7H3,(H,32,36)/t24-/m1/s1. The van der Waals surface area contributed by atoms with E-state index >= 15 is 0 Å². The summed E-state index contributed by atoms with van der Waals surface area (Å²) in [6.45, 7) is 10.7. The summed E-state index contributed by atoms with van der Waals surface area (Å²) in [7, 11) is -2.53. The number of aryl methyl sites for hydroxylation is 2. The van der Waals surface area contributed by atoms with Crippen LogP contribution in [0.3, 0.4) is 0 Å². The summed E-state index contributed by atoms with van der Waals surface area (Å²) >= 11 is 0. The van der Waals surface area contributed by atoms with Crippen molar-refractivity contribution in [1.29, 1.82) is 0 Å². The Morgan fingerprint density at radius 2 is 1.55 bits per heavy atom. The molecule has 3 aromatic rings. The lowest BCUT2D eigenvalue weighted by Crippen LogP contribution is -2.54. The van der Waals surface area contributed by atoms with E-state index in [0.717, 1.165) is 21.0 Å². The van der Waals surface area contributed by atoms with Crippen molar-refractivity contribution in [2.24, 2.45) is 0 Å². The number of hydrogen-bond acceptors (Lipinski definition) is 5. The minimum absolute atomic E-state index is 0.0706. The number of carbonyl (C=O) groups excluding carboxylic acids is 2. The van der Waals surface area contributed by atoms with Gasteiger partial charge in [0.15, 0.2) is 0 Å². The summed E-state index contributed by atoms with van der Waals surface area (Å²) in [5.74, 6) is -0.182. The molecular weight excluding hydrogens is 526 g/mol. The van der Waals surface area contributed by atoms with Crippen molar-refractivity contribution in [3.8, 4) is 5.75 Å². The SMILES string of the molecule is COc1ccc(CN(C(=O)CN(c2ccc(C)c(C)c2)S(=O)(=O)c2ccccc2)[C@H](C)C(=O)NC(C)(C)C)cc1. The van der Waals surface area contributed by atoms with E-state index in [4.69, 9.17) is 4.74 Å². The Kier molecular flexibility index (Phi) is 9.63. The van der Waals surface area contributed by atoms with Gasteiger partial charge in [0.1, 0.15) is 18.3 Å². The van der Waals surface area contributed by atoms with Crippen LogP contribution >= 0.6 is 0 Å². The average molecular weight is 566 g/mol. The third kappa shape index (κ3) is 7.63. The minimum Gasteiger partial charge on any atom is -0.497 e. The second kappa shape index (κ2) is 12.6. The molecule has 0 fully saturated rings. The lowest BCUT2D eigenvalue weighted by atomic mass is 10.1. The van der Waals surface area contributed by atoms with E-state index in [9.17, 15) is 18.0 Å². The van der Waals surface area contributed by atoms with Crippen LogP contribution in [0.4, 0.5) is 5.69 Å². The monoisotopic (exact) mass is 565 g/mol. The van der Waals surface area contributed by atoms with Crippen molar-refractivity contribution >= 4 is 27.5 Å². The highest BCUT2D eigenvalue weighted by atomic mass is 32.2. The molecule has 0 unspecified atom stereocenters. The normalized spacial score (nSPS) is 12.4. The van der Waals surface area contributed by atoms with E-state index in [1.807, 2.05) is 52.8 Å². The first kappa shape index (κ1) is 30.7. The molecule has 1 N–H and O–H groups in total. The highest BCUT2D eigenvalue weighted by molar-refractivity contribution is 7.92. The minimum atomic E-state index is -4.10. The van der Waals surface area contributed by atoms with Crippen LogP contribution in [0.1, 0.15) is 44.4 Å². The molecule has 0 bridgehead atoms. The van der Waals surface area contributed by atoms with E-state index in [0.29, 0.717) is 11.4 Å². The summed E-state index contributed by atoms with van der Waals surface area (Å²) < 4.78 is 34.1. The van der Waals surface area contributed by atoms with Gasteiger partial charge in [0.25, 0.3) is 10.0 Å². The van der Waals surface area contributed by atoms with Crippen molar-refractivity contribution in [3.63, 3.8) is 0 Å². The fourth-order valence-corrected chi connectivity index (χ4v) is 5.54. The van der Waals surface area contributed by atoms with Crippen molar-refractivity contribution in [2.75, 3.05) is 18.0 Å². The Balaban J connectivity index is 2.04. The summed E-state index contributed by atoms with van der Waals surface area (Å²) in [6, 6.07) is 19.6. The van der Waals surface area contributed by atoms with Crippen LogP contribution in [-0.4, -0.2) is 50.4 Å². The molecule has 0 aromatic heterocycles. The van der Waals surface area contributed by atoms with E-state index in [-0.39, 0.29) is 17.3 Å². The molecule has 40 heavy (non-hydrogen) atoms. The maximum atomic E-state index is 14.0. The maximum absolute atomic E-state index is 14.0. The Labute approximate surface area is 238 Å². The number of nitrogens with zero attached hydrogens (tertiary/aromatic N) is 2. The Morgan fingerprint density at radius 3 is 2.10 bits per heavy atom. The van der Waals surface area contributed by atoms with E-state index < -0.39 is 34.1 Å². The average Bonchev–Trinajstić information content (AvgIpc) is 2.91. The fraction of sp³-hybridized carbons (Fsp3) is 0.355. The molecule has 0 heterocycles. The largest absolute Gasteiger partial charge is 0.497 e. The number of benzene rings is 3. The van der Waals surface area contributed by atoms with Gasteiger partial charge in [-0.3, -0.25) is 13.9 Å². The number of amides is 2. The third-order valence-corrected chi connectivity index (χ3v) is 8.35. The van der Waals surface area contributed by atoms with Gasteiger partial charge in [-0.25, -0.2) is 8.42 Å². The molecule has 0 radical (unpaired) electrons. The molecule has 3 aromatic carbocycles. The topological polar surface area (TPSA) is 96.0 Å². The Morgan fingerprint density at radius 1 is 0.925 bits per heavy atom. The van der Waals surface area contributed by atoms with Crippen LogP contribution in [0.5, 0.6) is 5.75 Å². The Hall–Kier alpha value is -3.85. The van der Waals surface area contributed by atoms with Gasteiger partial charge in [-0.15, -0.1) is 0 Å². The number of methoxy groups -OCH3 is 1. The van der Waals surface area contributed by atoms with Crippen molar-refractivity contribution in [2.45, 2.75) is 64.6 Å². The summed E-state index contributed by atoms with van der Waals surface area (Å²) in [5.41, 5.74) is 2.53. The molecule has 0 aliphatic rings. The van der Waals surface area contributed by atoms with E-state index in [1.54, 1.807) is 56.5 Å². The fourth-order valence-electron chi connectivity index (χ4n) is 4.11. The molecule has 0 aliphatic heterocycles. The first-order valence-electron chi connectivity index (χ1n) is 13.1. The highest BCUT2D eigenvalue weighted by Gasteiger charge is 2.33. The molecule has 0 aliphatic carbocycles. The first-order valence-corrected chi connectivity index (χ1v) is 14.6. The highest BCUT2D eigenvalue weighted by Crippen LogP contribution is 2.26. The van der Waals surface area contributed by atoms with Crippen LogP contribution in [0.15, 0.2) is 77.7 Å². The maximum Gasteiger partial charge on any atom is 0.264 e. The molecule has 0 saturated heterocycles. The molecule has 9 heteroatoms. The van der Waals surface area contributed by atoms with Gasteiger partial charge in [0.2, 0.25) is 11.8 Å². The van der Waals surface area contributed by atoms with Crippen LogP contribution < -0.4 is 14.4 Å². The lowest BCUT2D eigenvalue weighted by molar-refractivity contribution is -0.140. The molecule has 8 nitrogen and oxygen atoms in total. The molecule has 2 amide bonds. The summed E-state index contributed by atoms with van der Waals surface area (Å²) in [4.78, 5) is 28.7. The first-order chi connectivity index (χ1) is 18.7. The van der Waals surface area contributed by atoms with Gasteiger partial charge >= 0.3 is 0 Å². The van der Waals surface area contributed by atoms with Crippen molar-refractivity contribution in [3.05, 3.63) is 89.5 Å². The van der Waals surface area contributed by atoms with Gasteiger partial charge in [-0.2, -0.15) is 0 Å². The van der Waals surface area contributed by atoms with Crippen molar-refractivity contribution < 1.29 is 22.7 Å². The molecule has 1 atom stereocenters. The van der Waals surface area contributed by atoms with Gasteiger partial charge < -0.3 is 15.0 Å². The van der Waals surface area contributed by atoms with Crippen molar-refractivity contribution in [1.82, 2.24) is 10.2 Å². The predicted octanol–water partition coefficient (Wildman–Crippen LogP) is 4.84. The number of carbonyl (C=O) groups is 2. The smallest absolute Gasteiger partial charge is 0.264 e. The molecular formula is C31H39N3O5S. The van der Waals surface area contributed by atoms with Gasteiger partial charge in [0.05, 0.1) is 17.7 Å². The van der Waals surface area contributed by atoms with E-state index in [2.05, 4.69) is 5.32 Å². The second-order valence-corrected chi connectivity index (χ2v) is 12.7. The van der Waals surface area contributed by atoms with E-state index in [1.165, 1.54) is 17.0 Å².